The van der Waals surface area contributed by atoms with E-state index in [0.29, 0.717) is 41.0 Å². The molecular weight excluding hydrogens is 346 g/mol. The van der Waals surface area contributed by atoms with Gasteiger partial charge in [-0.3, -0.25) is 4.55 Å². The zero-order valence-electron chi connectivity index (χ0n) is 15.4. The van der Waals surface area contributed by atoms with Gasteiger partial charge in [0.1, 0.15) is 0 Å². The summed E-state index contributed by atoms with van der Waals surface area (Å²) in [4.78, 5) is 0. The highest BCUT2D eigenvalue weighted by molar-refractivity contribution is 8.69. The second-order valence-corrected chi connectivity index (χ2v) is 10.8. The lowest BCUT2D eigenvalue weighted by atomic mass is 9.75. The van der Waals surface area contributed by atoms with Gasteiger partial charge in [0.2, 0.25) is 0 Å². The molecule has 24 heavy (non-hydrogen) atoms. The molecule has 0 radical (unpaired) electrons. The molecule has 3 atom stereocenters. The normalized spacial score (nSPS) is 25.3. The van der Waals surface area contributed by atoms with E-state index in [2.05, 4.69) is 26.1 Å². The largest absolute Gasteiger partial charge is 0.378 e. The Balaban J connectivity index is 2.01. The molecule has 0 heterocycles. The van der Waals surface area contributed by atoms with Crippen LogP contribution >= 0.6 is 10.8 Å². The lowest BCUT2D eigenvalue weighted by Crippen LogP contribution is -2.34. The van der Waals surface area contributed by atoms with E-state index in [9.17, 15) is 8.42 Å². The molecule has 1 aliphatic rings. The lowest BCUT2D eigenvalue weighted by Gasteiger charge is -2.37. The van der Waals surface area contributed by atoms with Crippen LogP contribution in [0.3, 0.4) is 0 Å². The molecule has 0 aromatic heterocycles. The molecule has 1 aliphatic carbocycles. The van der Waals surface area contributed by atoms with Crippen molar-refractivity contribution < 1.29 is 17.7 Å². The molecule has 1 saturated carbocycles. The summed E-state index contributed by atoms with van der Waals surface area (Å²) in [6, 6.07) is 0. The van der Waals surface area contributed by atoms with Crippen molar-refractivity contribution in [3.8, 4) is 0 Å². The summed E-state index contributed by atoms with van der Waals surface area (Å²) in [5.74, 6) is 2.57. The second kappa shape index (κ2) is 11.7. The lowest BCUT2D eigenvalue weighted by molar-refractivity contribution is -0.0394. The third-order valence-electron chi connectivity index (χ3n) is 4.80. The highest BCUT2D eigenvalue weighted by atomic mass is 33.1. The van der Waals surface area contributed by atoms with Gasteiger partial charge in [-0.1, -0.05) is 27.2 Å². The van der Waals surface area contributed by atoms with Crippen LogP contribution in [0.4, 0.5) is 0 Å². The Hall–Kier alpha value is 0.180. The Bertz CT molecular complexity index is 428. The van der Waals surface area contributed by atoms with Gasteiger partial charge in [0.05, 0.1) is 6.10 Å². The van der Waals surface area contributed by atoms with E-state index in [-0.39, 0.29) is 0 Å². The zero-order valence-corrected chi connectivity index (χ0v) is 17.0. The van der Waals surface area contributed by atoms with Crippen LogP contribution in [0.25, 0.3) is 0 Å². The van der Waals surface area contributed by atoms with Crippen molar-refractivity contribution >= 4 is 19.9 Å². The molecule has 5 nitrogen and oxygen atoms in total. The fourth-order valence-electron chi connectivity index (χ4n) is 3.41. The Morgan fingerprint density at radius 2 is 1.96 bits per heavy atom. The van der Waals surface area contributed by atoms with Crippen LogP contribution in [0.15, 0.2) is 0 Å². The van der Waals surface area contributed by atoms with Crippen LogP contribution in [-0.4, -0.2) is 44.5 Å². The van der Waals surface area contributed by atoms with Gasteiger partial charge in [-0.15, -0.1) is 0 Å². The third-order valence-corrected chi connectivity index (χ3v) is 6.86. The third kappa shape index (κ3) is 10.2. The van der Waals surface area contributed by atoms with Gasteiger partial charge in [-0.05, 0) is 67.2 Å². The molecule has 0 aromatic carbocycles. The van der Waals surface area contributed by atoms with Crippen LogP contribution in [0.5, 0.6) is 0 Å². The van der Waals surface area contributed by atoms with Gasteiger partial charge in [-0.2, -0.15) is 8.42 Å². The molecule has 7 heteroatoms. The number of hydrogen-bond acceptors (Lipinski definition) is 5. The van der Waals surface area contributed by atoms with Crippen LogP contribution in [0.1, 0.15) is 59.3 Å². The van der Waals surface area contributed by atoms with E-state index in [1.165, 1.54) is 19.3 Å². The first-order valence-electron chi connectivity index (χ1n) is 9.23. The number of hydrogen-bond donors (Lipinski definition) is 2. The number of ether oxygens (including phenoxy) is 1. The summed E-state index contributed by atoms with van der Waals surface area (Å²) in [6.07, 6.45) is 7.54. The predicted molar refractivity (Wildman–Crippen MR) is 102 cm³/mol. The predicted octanol–water partition coefficient (Wildman–Crippen LogP) is 3.76. The topological polar surface area (TPSA) is 75.6 Å². The Morgan fingerprint density at radius 1 is 1.21 bits per heavy atom. The Labute approximate surface area is 151 Å². The van der Waals surface area contributed by atoms with E-state index in [1.54, 1.807) is 0 Å². The van der Waals surface area contributed by atoms with Crippen LogP contribution < -0.4 is 5.32 Å². The molecule has 3 unspecified atom stereocenters. The fraction of sp³-hybridized carbons (Fsp3) is 1.00. The first kappa shape index (κ1) is 22.2. The van der Waals surface area contributed by atoms with Crippen LogP contribution in [0.2, 0.25) is 0 Å². The van der Waals surface area contributed by atoms with Gasteiger partial charge >= 0.3 is 9.15 Å². The second-order valence-electron chi connectivity index (χ2n) is 7.30. The molecule has 1 rings (SSSR count). The van der Waals surface area contributed by atoms with E-state index in [1.807, 2.05) is 0 Å². The average Bonchev–Trinajstić information content (AvgIpc) is 2.47. The van der Waals surface area contributed by atoms with E-state index < -0.39 is 9.15 Å². The quantitative estimate of drug-likeness (QED) is 0.304. The highest BCUT2D eigenvalue weighted by Gasteiger charge is 2.31. The molecular formula is C17H35NO4S2. The van der Waals surface area contributed by atoms with E-state index in [0.717, 1.165) is 38.3 Å². The van der Waals surface area contributed by atoms with E-state index in [4.69, 9.17) is 9.29 Å². The molecule has 0 amide bonds. The van der Waals surface area contributed by atoms with Gasteiger partial charge in [0, 0.05) is 18.9 Å². The van der Waals surface area contributed by atoms with Crippen molar-refractivity contribution in [2.45, 2.75) is 65.4 Å². The van der Waals surface area contributed by atoms with Crippen molar-refractivity contribution in [1.82, 2.24) is 5.32 Å². The first-order valence-corrected chi connectivity index (χ1v) is 12.2. The molecule has 0 saturated heterocycles. The monoisotopic (exact) mass is 381 g/mol. The minimum Gasteiger partial charge on any atom is -0.378 e. The summed E-state index contributed by atoms with van der Waals surface area (Å²) in [5.41, 5.74) is 0. The van der Waals surface area contributed by atoms with Crippen LogP contribution in [-0.2, 0) is 13.9 Å². The molecule has 2 N–H and O–H groups in total. The smallest absolute Gasteiger partial charge is 0.319 e. The SMILES string of the molecule is CC1CCC(C(C)C)C(OCCCCCNCCSS(=O)(=O)O)C1. The van der Waals surface area contributed by atoms with Crippen molar-refractivity contribution in [2.24, 2.45) is 17.8 Å². The highest BCUT2D eigenvalue weighted by Crippen LogP contribution is 2.35. The molecule has 0 aromatic rings. The molecule has 0 spiro atoms. The molecule has 144 valence electrons. The van der Waals surface area contributed by atoms with Crippen molar-refractivity contribution in [3.63, 3.8) is 0 Å². The van der Waals surface area contributed by atoms with Gasteiger partial charge < -0.3 is 10.1 Å². The Kier molecular flexibility index (Phi) is 10.9. The van der Waals surface area contributed by atoms with Gasteiger partial charge in [0.25, 0.3) is 0 Å². The maximum Gasteiger partial charge on any atom is 0.319 e. The summed E-state index contributed by atoms with van der Waals surface area (Å²) in [5, 5.41) is 3.19. The van der Waals surface area contributed by atoms with Gasteiger partial charge in [-0.25, -0.2) is 0 Å². The maximum atomic E-state index is 10.5. The number of nitrogens with one attached hydrogen (secondary N) is 1. The molecule has 1 fully saturated rings. The van der Waals surface area contributed by atoms with Crippen LogP contribution in [0, 0.1) is 17.8 Å². The summed E-state index contributed by atoms with van der Waals surface area (Å²) >= 11 is 0. The standard InChI is InChI=1S/C17H35NO4S2/c1-14(2)16-8-7-15(3)13-17(16)22-11-6-4-5-9-18-10-12-23-24(19,20)21/h14-18H,4-13H2,1-3H3,(H,19,20,21). The summed E-state index contributed by atoms with van der Waals surface area (Å²) < 4.78 is 35.8. The van der Waals surface area contributed by atoms with Crippen molar-refractivity contribution in [3.05, 3.63) is 0 Å². The zero-order chi connectivity index (χ0) is 18.0. The number of rotatable bonds is 12. The maximum absolute atomic E-state index is 10.5. The van der Waals surface area contributed by atoms with Gasteiger partial charge in [0.15, 0.2) is 0 Å². The minimum absolute atomic E-state index is 0.373. The minimum atomic E-state index is -3.89. The first-order chi connectivity index (χ1) is 11.3. The summed E-state index contributed by atoms with van der Waals surface area (Å²) in [6.45, 7) is 9.27. The molecule has 0 aliphatic heterocycles. The average molecular weight is 382 g/mol. The fourth-order valence-corrected chi connectivity index (χ4v) is 4.73. The van der Waals surface area contributed by atoms with E-state index >= 15 is 0 Å². The van der Waals surface area contributed by atoms with Crippen molar-refractivity contribution in [1.29, 1.82) is 0 Å². The number of unbranched alkanes of at least 4 members (excludes halogenated alkanes) is 2. The summed E-state index contributed by atoms with van der Waals surface area (Å²) in [7, 11) is -3.33. The molecule has 0 bridgehead atoms. The Morgan fingerprint density at radius 3 is 2.62 bits per heavy atom. The van der Waals surface area contributed by atoms with Crippen molar-refractivity contribution in [2.75, 3.05) is 25.4 Å².